The molecule has 0 aromatic heterocycles. The number of rotatable bonds is 1. The normalized spacial score (nSPS) is 35.6. The van der Waals surface area contributed by atoms with Gasteiger partial charge < -0.3 is 5.32 Å². The Morgan fingerprint density at radius 3 is 2.27 bits per heavy atom. The molecule has 1 fully saturated rings. The van der Waals surface area contributed by atoms with Gasteiger partial charge >= 0.3 is 0 Å². The molecule has 1 aliphatic heterocycles. The molecule has 0 spiro atoms. The maximum absolute atomic E-state index is 13.1. The average Bonchev–Trinajstić information content (AvgIpc) is 2.09. The van der Waals surface area contributed by atoms with Crippen molar-refractivity contribution in [2.24, 2.45) is 0 Å². The largest absolute Gasteiger partial charge is 0.303 e. The molecule has 1 heterocycles. The average molecular weight is 161 g/mol. The molecular formula is C8H13F2N. The Bertz CT molecular complexity index is 189. The Labute approximate surface area is 65.5 Å². The van der Waals surface area contributed by atoms with Crippen molar-refractivity contribution >= 4 is 0 Å². The van der Waals surface area contributed by atoms with Crippen LogP contribution in [0.4, 0.5) is 8.78 Å². The molecule has 1 aliphatic rings. The highest BCUT2D eigenvalue weighted by Crippen LogP contribution is 2.40. The van der Waals surface area contributed by atoms with Gasteiger partial charge in [-0.1, -0.05) is 12.2 Å². The molecular weight excluding hydrogens is 148 g/mol. The van der Waals surface area contributed by atoms with Gasteiger partial charge in [-0.15, -0.1) is 0 Å². The molecule has 0 aliphatic carbocycles. The van der Waals surface area contributed by atoms with E-state index in [1.807, 2.05) is 0 Å². The molecule has 0 amide bonds. The second kappa shape index (κ2) is 2.27. The fraction of sp³-hybridized carbons (Fsp3) is 0.750. The van der Waals surface area contributed by atoms with E-state index in [1.165, 1.54) is 6.92 Å². The van der Waals surface area contributed by atoms with Crippen molar-refractivity contribution in [3.8, 4) is 0 Å². The Hall–Kier alpha value is -0.440. The summed E-state index contributed by atoms with van der Waals surface area (Å²) >= 11 is 0. The van der Waals surface area contributed by atoms with Crippen LogP contribution in [0.25, 0.3) is 0 Å². The molecule has 1 nitrogen and oxygen atoms in total. The highest BCUT2D eigenvalue weighted by molar-refractivity contribution is 5.21. The highest BCUT2D eigenvalue weighted by Gasteiger charge is 2.54. The molecule has 0 bridgehead atoms. The first kappa shape index (κ1) is 8.65. The van der Waals surface area contributed by atoms with Crippen LogP contribution < -0.4 is 5.32 Å². The summed E-state index contributed by atoms with van der Waals surface area (Å²) in [7, 11) is 0. The molecule has 1 saturated heterocycles. The quantitative estimate of drug-likeness (QED) is 0.579. The summed E-state index contributed by atoms with van der Waals surface area (Å²) in [6, 6.07) is 0. The first-order valence-corrected chi connectivity index (χ1v) is 3.69. The minimum atomic E-state index is -2.64. The summed E-state index contributed by atoms with van der Waals surface area (Å²) in [6.07, 6.45) is -0.0869. The van der Waals surface area contributed by atoms with Crippen LogP contribution in [0.15, 0.2) is 12.2 Å². The van der Waals surface area contributed by atoms with Crippen LogP contribution in [-0.4, -0.2) is 18.0 Å². The van der Waals surface area contributed by atoms with Gasteiger partial charge in [0.2, 0.25) is 0 Å². The van der Waals surface area contributed by atoms with Crippen molar-refractivity contribution < 1.29 is 8.78 Å². The van der Waals surface area contributed by atoms with E-state index in [0.29, 0.717) is 12.1 Å². The number of hydrogen-bond acceptors (Lipinski definition) is 1. The fourth-order valence-electron chi connectivity index (χ4n) is 1.31. The topological polar surface area (TPSA) is 12.0 Å². The van der Waals surface area contributed by atoms with Crippen LogP contribution in [0, 0.1) is 0 Å². The minimum Gasteiger partial charge on any atom is -0.303 e. The zero-order valence-electron chi connectivity index (χ0n) is 6.88. The molecule has 3 heteroatoms. The Morgan fingerprint density at radius 2 is 2.09 bits per heavy atom. The molecule has 0 aromatic carbocycles. The molecule has 1 unspecified atom stereocenters. The van der Waals surface area contributed by atoms with E-state index in [1.54, 1.807) is 6.92 Å². The second-order valence-electron chi connectivity index (χ2n) is 3.29. The Morgan fingerprint density at radius 1 is 1.55 bits per heavy atom. The van der Waals surface area contributed by atoms with Crippen LogP contribution in [-0.2, 0) is 0 Å². The smallest absolute Gasteiger partial charge is 0.270 e. The monoisotopic (exact) mass is 161 g/mol. The van der Waals surface area contributed by atoms with Gasteiger partial charge in [0.05, 0.1) is 0 Å². The number of halogens is 2. The van der Waals surface area contributed by atoms with Crippen molar-refractivity contribution in [1.29, 1.82) is 0 Å². The molecule has 1 N–H and O–H groups in total. The number of alkyl halides is 2. The van der Waals surface area contributed by atoms with Crippen molar-refractivity contribution in [1.82, 2.24) is 5.32 Å². The SMILES string of the molecule is C=C(C)C1(C)NCCC1(F)F. The summed E-state index contributed by atoms with van der Waals surface area (Å²) in [5.74, 6) is -2.64. The predicted octanol–water partition coefficient (Wildman–Crippen LogP) is 1.95. The third-order valence-corrected chi connectivity index (χ3v) is 2.50. The standard InChI is InChI=1S/C8H13F2N/c1-6(2)7(3)8(9,10)4-5-11-7/h11H,1,4-5H2,2-3H3. The van der Waals surface area contributed by atoms with Crippen LogP contribution >= 0.6 is 0 Å². The van der Waals surface area contributed by atoms with Crippen molar-refractivity contribution in [3.63, 3.8) is 0 Å². The van der Waals surface area contributed by atoms with Crippen molar-refractivity contribution in [2.75, 3.05) is 6.54 Å². The van der Waals surface area contributed by atoms with Gasteiger partial charge in [0, 0.05) is 13.0 Å². The molecule has 0 aromatic rings. The van der Waals surface area contributed by atoms with E-state index in [0.717, 1.165) is 0 Å². The van der Waals surface area contributed by atoms with Crippen LogP contribution in [0.2, 0.25) is 0 Å². The lowest BCUT2D eigenvalue weighted by Crippen LogP contribution is -2.49. The van der Waals surface area contributed by atoms with E-state index in [2.05, 4.69) is 11.9 Å². The zero-order chi connectivity index (χ0) is 8.70. The van der Waals surface area contributed by atoms with Crippen LogP contribution in [0.5, 0.6) is 0 Å². The van der Waals surface area contributed by atoms with E-state index >= 15 is 0 Å². The summed E-state index contributed by atoms with van der Waals surface area (Å²) in [6.45, 7) is 7.07. The molecule has 1 rings (SSSR count). The Kier molecular flexibility index (Phi) is 1.79. The summed E-state index contributed by atoms with van der Waals surface area (Å²) in [5, 5.41) is 2.77. The molecule has 1 atom stereocenters. The molecule has 11 heavy (non-hydrogen) atoms. The van der Waals surface area contributed by atoms with Gasteiger partial charge in [-0.05, 0) is 13.8 Å². The maximum Gasteiger partial charge on any atom is 0.270 e. The number of nitrogens with one attached hydrogen (secondary N) is 1. The van der Waals surface area contributed by atoms with Crippen LogP contribution in [0.1, 0.15) is 20.3 Å². The van der Waals surface area contributed by atoms with Gasteiger partial charge in [0.15, 0.2) is 0 Å². The lowest BCUT2D eigenvalue weighted by Gasteiger charge is -2.31. The maximum atomic E-state index is 13.1. The third-order valence-electron chi connectivity index (χ3n) is 2.50. The molecule has 0 saturated carbocycles. The van der Waals surface area contributed by atoms with Gasteiger partial charge in [-0.2, -0.15) is 0 Å². The van der Waals surface area contributed by atoms with E-state index in [-0.39, 0.29) is 6.42 Å². The lowest BCUT2D eigenvalue weighted by molar-refractivity contribution is -0.0380. The zero-order valence-corrected chi connectivity index (χ0v) is 6.88. The molecule has 64 valence electrons. The third kappa shape index (κ3) is 1.07. The summed E-state index contributed by atoms with van der Waals surface area (Å²) in [5.41, 5.74) is -0.687. The van der Waals surface area contributed by atoms with E-state index in [9.17, 15) is 8.78 Å². The van der Waals surface area contributed by atoms with Gasteiger partial charge in [-0.25, -0.2) is 8.78 Å². The lowest BCUT2D eigenvalue weighted by atomic mass is 9.89. The van der Waals surface area contributed by atoms with E-state index in [4.69, 9.17) is 0 Å². The van der Waals surface area contributed by atoms with Crippen molar-refractivity contribution in [3.05, 3.63) is 12.2 Å². The van der Waals surface area contributed by atoms with E-state index < -0.39 is 11.5 Å². The first-order chi connectivity index (χ1) is 4.90. The summed E-state index contributed by atoms with van der Waals surface area (Å²) < 4.78 is 26.2. The van der Waals surface area contributed by atoms with Crippen LogP contribution in [0.3, 0.4) is 0 Å². The van der Waals surface area contributed by atoms with Gasteiger partial charge in [0.1, 0.15) is 5.54 Å². The fourth-order valence-corrected chi connectivity index (χ4v) is 1.31. The first-order valence-electron chi connectivity index (χ1n) is 3.69. The minimum absolute atomic E-state index is 0.0869. The summed E-state index contributed by atoms with van der Waals surface area (Å²) in [4.78, 5) is 0. The highest BCUT2D eigenvalue weighted by atomic mass is 19.3. The van der Waals surface area contributed by atoms with Crippen molar-refractivity contribution in [2.45, 2.75) is 31.7 Å². The van der Waals surface area contributed by atoms with Gasteiger partial charge in [-0.3, -0.25) is 0 Å². The predicted molar refractivity (Wildman–Crippen MR) is 40.8 cm³/mol. The van der Waals surface area contributed by atoms with Gasteiger partial charge in [0.25, 0.3) is 5.92 Å². The Balaban J connectivity index is 2.93. The second-order valence-corrected chi connectivity index (χ2v) is 3.29. The molecule has 0 radical (unpaired) electrons. The number of hydrogen-bond donors (Lipinski definition) is 1.